The van der Waals surface area contributed by atoms with Crippen LogP contribution < -0.4 is 10.2 Å². The van der Waals surface area contributed by atoms with Crippen LogP contribution in [0.15, 0.2) is 18.2 Å². The Balaban J connectivity index is 2.30. The summed E-state index contributed by atoms with van der Waals surface area (Å²) in [7, 11) is 1.97. The van der Waals surface area contributed by atoms with E-state index < -0.39 is 0 Å². The molecule has 0 saturated carbocycles. The van der Waals surface area contributed by atoms with Gasteiger partial charge in [0.05, 0.1) is 5.02 Å². The minimum absolute atomic E-state index is 0.0643. The number of hydrogen-bond acceptors (Lipinski definition) is 2. The molecule has 1 aromatic carbocycles. The van der Waals surface area contributed by atoms with E-state index in [2.05, 4.69) is 24.1 Å². The van der Waals surface area contributed by atoms with Crippen LogP contribution in [0.5, 0.6) is 0 Å². The summed E-state index contributed by atoms with van der Waals surface area (Å²) in [5.74, 6) is -0.363. The molecule has 2 rings (SSSR count). The Morgan fingerprint density at radius 2 is 2.18 bits per heavy atom. The first-order valence-electron chi connectivity index (χ1n) is 5.84. The van der Waals surface area contributed by atoms with E-state index in [-0.39, 0.29) is 16.4 Å². The normalized spacial score (nSPS) is 23.1. The van der Waals surface area contributed by atoms with Gasteiger partial charge in [-0.05, 0) is 45.5 Å². The van der Waals surface area contributed by atoms with Crippen molar-refractivity contribution in [3.63, 3.8) is 0 Å². The van der Waals surface area contributed by atoms with Crippen molar-refractivity contribution in [2.45, 2.75) is 31.8 Å². The largest absolute Gasteiger partial charge is 0.365 e. The van der Waals surface area contributed by atoms with Crippen LogP contribution in [0, 0.1) is 5.82 Å². The molecule has 0 aliphatic carbocycles. The fourth-order valence-corrected chi connectivity index (χ4v) is 2.72. The third-order valence-electron chi connectivity index (χ3n) is 3.50. The lowest BCUT2D eigenvalue weighted by molar-refractivity contribution is 0.487. The zero-order chi connectivity index (χ0) is 12.6. The molecule has 1 unspecified atom stereocenters. The van der Waals surface area contributed by atoms with Gasteiger partial charge < -0.3 is 10.2 Å². The first kappa shape index (κ1) is 12.7. The summed E-state index contributed by atoms with van der Waals surface area (Å²) < 4.78 is 13.2. The first-order chi connectivity index (χ1) is 7.94. The number of rotatable bonds is 2. The van der Waals surface area contributed by atoms with Gasteiger partial charge >= 0.3 is 0 Å². The molecule has 1 saturated heterocycles. The molecule has 1 aliphatic heterocycles. The summed E-state index contributed by atoms with van der Waals surface area (Å²) in [4.78, 5) is 2.28. The maximum Gasteiger partial charge on any atom is 0.141 e. The van der Waals surface area contributed by atoms with E-state index in [0.717, 1.165) is 18.7 Å². The van der Waals surface area contributed by atoms with Gasteiger partial charge in [-0.15, -0.1) is 0 Å². The second-order valence-electron chi connectivity index (χ2n) is 5.21. The summed E-state index contributed by atoms with van der Waals surface area (Å²) in [5.41, 5.74) is 1.05. The van der Waals surface area contributed by atoms with E-state index in [1.54, 1.807) is 12.1 Å². The molecular weight excluding hydrogens is 239 g/mol. The van der Waals surface area contributed by atoms with Gasteiger partial charge in [0.15, 0.2) is 0 Å². The summed E-state index contributed by atoms with van der Waals surface area (Å²) >= 11 is 5.84. The lowest BCUT2D eigenvalue weighted by Gasteiger charge is -2.33. The molecule has 1 aliphatic rings. The Kier molecular flexibility index (Phi) is 3.32. The number of likely N-dealkylation sites (N-methyl/N-ethyl adjacent to an activating group) is 1. The van der Waals surface area contributed by atoms with Crippen LogP contribution in [0.3, 0.4) is 0 Å². The van der Waals surface area contributed by atoms with Gasteiger partial charge in [0.2, 0.25) is 0 Å². The van der Waals surface area contributed by atoms with Crippen molar-refractivity contribution in [2.75, 3.05) is 18.5 Å². The molecular formula is C13H18ClFN2. The third kappa shape index (κ3) is 2.40. The fraction of sp³-hybridized carbons (Fsp3) is 0.538. The zero-order valence-corrected chi connectivity index (χ0v) is 11.2. The monoisotopic (exact) mass is 256 g/mol. The Morgan fingerprint density at radius 3 is 2.71 bits per heavy atom. The molecule has 1 fully saturated rings. The molecule has 94 valence electrons. The van der Waals surface area contributed by atoms with Gasteiger partial charge in [-0.3, -0.25) is 0 Å². The van der Waals surface area contributed by atoms with Crippen LogP contribution in [-0.2, 0) is 0 Å². The van der Waals surface area contributed by atoms with Crippen LogP contribution in [0.4, 0.5) is 10.1 Å². The lowest BCUT2D eigenvalue weighted by atomic mass is 10.00. The van der Waals surface area contributed by atoms with Gasteiger partial charge in [-0.25, -0.2) is 4.39 Å². The minimum Gasteiger partial charge on any atom is -0.365 e. The third-order valence-corrected chi connectivity index (χ3v) is 3.79. The number of anilines is 1. The molecule has 0 radical (unpaired) electrons. The summed E-state index contributed by atoms with van der Waals surface area (Å²) in [6.45, 7) is 5.31. The molecule has 17 heavy (non-hydrogen) atoms. The molecule has 0 spiro atoms. The highest BCUT2D eigenvalue weighted by Crippen LogP contribution is 2.35. The van der Waals surface area contributed by atoms with E-state index in [0.29, 0.717) is 6.04 Å². The molecule has 0 amide bonds. The summed E-state index contributed by atoms with van der Waals surface area (Å²) in [6, 6.07) is 5.40. The van der Waals surface area contributed by atoms with Gasteiger partial charge in [0.1, 0.15) is 5.82 Å². The predicted molar refractivity (Wildman–Crippen MR) is 70.3 cm³/mol. The van der Waals surface area contributed by atoms with Gasteiger partial charge in [-0.2, -0.15) is 0 Å². The molecule has 1 aromatic rings. The quantitative estimate of drug-likeness (QED) is 0.875. The van der Waals surface area contributed by atoms with Crippen molar-refractivity contribution in [1.29, 1.82) is 0 Å². The van der Waals surface area contributed by atoms with Gasteiger partial charge in [0, 0.05) is 23.8 Å². The zero-order valence-electron chi connectivity index (χ0n) is 10.4. The van der Waals surface area contributed by atoms with E-state index in [1.165, 1.54) is 6.07 Å². The van der Waals surface area contributed by atoms with E-state index in [4.69, 9.17) is 11.6 Å². The number of nitrogens with one attached hydrogen (secondary N) is 1. The average molecular weight is 257 g/mol. The lowest BCUT2D eigenvalue weighted by Crippen LogP contribution is -2.38. The van der Waals surface area contributed by atoms with Crippen LogP contribution >= 0.6 is 11.6 Å². The molecule has 1 N–H and O–H groups in total. The van der Waals surface area contributed by atoms with Gasteiger partial charge in [-0.1, -0.05) is 11.6 Å². The smallest absolute Gasteiger partial charge is 0.141 e. The van der Waals surface area contributed by atoms with Crippen LogP contribution in [0.2, 0.25) is 5.02 Å². The van der Waals surface area contributed by atoms with Crippen molar-refractivity contribution in [3.05, 3.63) is 29.0 Å². The van der Waals surface area contributed by atoms with E-state index >= 15 is 0 Å². The van der Waals surface area contributed by atoms with Crippen molar-refractivity contribution in [2.24, 2.45) is 0 Å². The van der Waals surface area contributed by atoms with Crippen molar-refractivity contribution in [3.8, 4) is 0 Å². The number of halogens is 2. The topological polar surface area (TPSA) is 15.3 Å². The summed E-state index contributed by atoms with van der Waals surface area (Å²) in [5, 5.41) is 3.48. The van der Waals surface area contributed by atoms with Crippen LogP contribution in [-0.4, -0.2) is 25.2 Å². The number of nitrogens with zero attached hydrogens (tertiary/aromatic N) is 1. The molecule has 4 heteroatoms. The van der Waals surface area contributed by atoms with Crippen LogP contribution in [0.25, 0.3) is 0 Å². The second kappa shape index (κ2) is 4.46. The maximum absolute atomic E-state index is 13.2. The Labute approximate surface area is 107 Å². The molecule has 1 heterocycles. The standard InChI is InChI=1S/C13H18ClFN2/c1-13(2)7-9(16-3)8-17(13)10-4-5-12(15)11(14)6-10/h4-6,9,16H,7-8H2,1-3H3. The molecule has 1 atom stereocenters. The molecule has 2 nitrogen and oxygen atoms in total. The molecule has 0 bridgehead atoms. The maximum atomic E-state index is 13.2. The van der Waals surface area contributed by atoms with Crippen LogP contribution in [0.1, 0.15) is 20.3 Å². The van der Waals surface area contributed by atoms with E-state index in [9.17, 15) is 4.39 Å². The van der Waals surface area contributed by atoms with E-state index in [1.807, 2.05) is 7.05 Å². The Morgan fingerprint density at radius 1 is 1.47 bits per heavy atom. The van der Waals surface area contributed by atoms with Crippen molar-refractivity contribution in [1.82, 2.24) is 5.32 Å². The highest BCUT2D eigenvalue weighted by Gasteiger charge is 2.37. The van der Waals surface area contributed by atoms with Crippen molar-refractivity contribution >= 4 is 17.3 Å². The highest BCUT2D eigenvalue weighted by molar-refractivity contribution is 6.31. The second-order valence-corrected chi connectivity index (χ2v) is 5.62. The minimum atomic E-state index is -0.363. The highest BCUT2D eigenvalue weighted by atomic mass is 35.5. The number of benzene rings is 1. The predicted octanol–water partition coefficient (Wildman–Crippen LogP) is 3.06. The van der Waals surface area contributed by atoms with Gasteiger partial charge in [0.25, 0.3) is 0 Å². The SMILES string of the molecule is CNC1CN(c2ccc(F)c(Cl)c2)C(C)(C)C1. The average Bonchev–Trinajstić information content (AvgIpc) is 2.58. The fourth-order valence-electron chi connectivity index (χ4n) is 2.55. The summed E-state index contributed by atoms with van der Waals surface area (Å²) in [6.07, 6.45) is 1.07. The first-order valence-corrected chi connectivity index (χ1v) is 6.22. The number of hydrogen-bond donors (Lipinski definition) is 1. The molecule has 0 aromatic heterocycles. The Bertz CT molecular complexity index is 420. The Hall–Kier alpha value is -0.800. The van der Waals surface area contributed by atoms with Crippen molar-refractivity contribution < 1.29 is 4.39 Å².